The summed E-state index contributed by atoms with van der Waals surface area (Å²) in [5, 5.41) is 28.9. The molecule has 64 heavy (non-hydrogen) atoms. The fraction of sp³-hybridized carbons (Fsp3) is 0.636. The maximum Gasteiger partial charge on any atom is 0.474 e. The van der Waals surface area contributed by atoms with Crippen LogP contribution in [0.15, 0.2) is 116 Å². The van der Waals surface area contributed by atoms with Gasteiger partial charge in [-0.3, -0.25) is 9.05 Å². The summed E-state index contributed by atoms with van der Waals surface area (Å²) in [5.41, 5.74) is 14.2. The highest BCUT2D eigenvalue weighted by molar-refractivity contribution is 7.47. The van der Waals surface area contributed by atoms with Gasteiger partial charge >= 0.3 is 7.82 Å². The minimum absolute atomic E-state index is 0.153. The van der Waals surface area contributed by atoms with Crippen LogP contribution in [0.5, 0.6) is 0 Å². The van der Waals surface area contributed by atoms with E-state index < -0.39 is 39.0 Å². The highest BCUT2D eigenvalue weighted by Crippen LogP contribution is 2.46. The largest absolute Gasteiger partial charge is 0.474 e. The van der Waals surface area contributed by atoms with Gasteiger partial charge in [0, 0.05) is 0 Å². The Bertz CT molecular complexity index is 1710. The maximum atomic E-state index is 12.3. The van der Waals surface area contributed by atoms with Crippen LogP contribution in [0.25, 0.3) is 0 Å². The van der Waals surface area contributed by atoms with E-state index >= 15 is 0 Å². The molecule has 0 aromatic heterocycles. The Morgan fingerprint density at radius 1 is 0.484 bits per heavy atom. The van der Waals surface area contributed by atoms with Crippen molar-refractivity contribution in [3.8, 4) is 0 Å². The van der Waals surface area contributed by atoms with E-state index in [1.54, 1.807) is 6.08 Å². The van der Waals surface area contributed by atoms with Crippen molar-refractivity contribution >= 4 is 7.82 Å². The van der Waals surface area contributed by atoms with Crippen LogP contribution in [0.1, 0.15) is 192 Å². The number of rotatable bonds is 33. The molecule has 1 unspecified atom stereocenters. The normalized spacial score (nSPS) is 21.2. The van der Waals surface area contributed by atoms with Gasteiger partial charge in [0.15, 0.2) is 6.29 Å². The average molecular weight is 913 g/mol. The monoisotopic (exact) mass is 913 g/mol. The zero-order valence-corrected chi connectivity index (χ0v) is 43.0. The lowest BCUT2D eigenvalue weighted by Gasteiger charge is -2.18. The third-order valence-corrected chi connectivity index (χ3v) is 12.7. The zero-order chi connectivity index (χ0) is 47.9. The van der Waals surface area contributed by atoms with Gasteiger partial charge in [-0.25, -0.2) is 4.57 Å². The van der Waals surface area contributed by atoms with Crippen molar-refractivity contribution in [2.24, 2.45) is 0 Å². The molecule has 0 spiro atoms. The van der Waals surface area contributed by atoms with Crippen LogP contribution >= 0.6 is 7.82 Å². The van der Waals surface area contributed by atoms with Gasteiger partial charge in [0.2, 0.25) is 0 Å². The summed E-state index contributed by atoms with van der Waals surface area (Å²) in [5.74, 6) is 0. The van der Waals surface area contributed by atoms with E-state index in [1.165, 1.54) is 63.0 Å². The van der Waals surface area contributed by atoms with Gasteiger partial charge in [0.25, 0.3) is 0 Å². The molecule has 9 heteroatoms. The maximum absolute atomic E-state index is 12.3. The van der Waals surface area contributed by atoms with Crippen molar-refractivity contribution in [3.63, 3.8) is 0 Å². The number of allylic oxidation sites excluding steroid dienone is 19. The lowest BCUT2D eigenvalue weighted by Crippen LogP contribution is -2.34. The Balaban J connectivity index is 2.25. The highest BCUT2D eigenvalue weighted by atomic mass is 31.2. The van der Waals surface area contributed by atoms with Crippen molar-refractivity contribution in [2.75, 3.05) is 13.2 Å². The molecular weight excluding hydrogens is 822 g/mol. The van der Waals surface area contributed by atoms with Gasteiger partial charge in [-0.2, -0.15) is 0 Å². The third-order valence-electron chi connectivity index (χ3n) is 11.7. The van der Waals surface area contributed by atoms with E-state index in [4.69, 9.17) is 18.9 Å². The number of phosphoric ester groups is 1. The van der Waals surface area contributed by atoms with Gasteiger partial charge in [0.1, 0.15) is 18.3 Å². The molecule has 0 aromatic rings. The van der Waals surface area contributed by atoms with E-state index in [-0.39, 0.29) is 6.61 Å². The Morgan fingerprint density at radius 2 is 0.750 bits per heavy atom. The van der Waals surface area contributed by atoms with Crippen LogP contribution in [0.2, 0.25) is 0 Å². The van der Waals surface area contributed by atoms with Gasteiger partial charge in [-0.05, 0) is 192 Å². The SMILES string of the molecule is CC(C)=CCC/C(C)=C/CC/C(C)=C\CC/C(C)=C\CC/C(C)=C\CC/C(C)=C\CC/C(C)=C\CC/C(C)=C\CC/C(C)=C\CC/C(C)=C\COP(=O)(O)O[14C@H]1O[C@H](CO)[C@@H](O)[C@@H]1O. The van der Waals surface area contributed by atoms with Crippen LogP contribution in [-0.4, -0.2) is 58.0 Å². The average Bonchev–Trinajstić information content (AvgIpc) is 3.47. The summed E-state index contributed by atoms with van der Waals surface area (Å²) in [7, 11) is -4.55. The third kappa shape index (κ3) is 30.5. The van der Waals surface area contributed by atoms with E-state index in [0.29, 0.717) is 0 Å². The number of phosphoric acid groups is 1. The molecule has 0 saturated carbocycles. The molecule has 1 aliphatic heterocycles. The first-order chi connectivity index (χ1) is 30.3. The molecule has 1 saturated heterocycles. The summed E-state index contributed by atoms with van der Waals surface area (Å²) in [6, 6.07) is 0. The van der Waals surface area contributed by atoms with Gasteiger partial charge in [-0.1, -0.05) is 116 Å². The summed E-state index contributed by atoms with van der Waals surface area (Å²) in [4.78, 5) is 9.97. The molecule has 1 rings (SSSR count). The standard InChI is InChI=1S/C55H91O8P/c1-42(2)21-12-22-43(3)23-13-24-44(4)25-14-26-45(5)27-15-28-46(6)29-16-30-47(7)31-17-32-48(8)33-18-34-49(9)35-19-36-50(10)37-20-38-51(11)39-40-61-64(59,60)63-55-54(58)53(57)52(41-56)62-55/h21,23,25,27,29,31,33,35,37,39,52-58H,12-20,22,24,26,28,30,32,34,36,38,40-41H2,1-11H3,(H,59,60)/b43-23+,44-25-,45-27-,46-29-,47-31-,48-33-,49-35-,50-37-,51-39-/t52-,53-,54+,55-/m1/s1/i55+2. The highest BCUT2D eigenvalue weighted by Gasteiger charge is 2.46. The number of hydrogen-bond acceptors (Lipinski definition) is 7. The Hall–Kier alpha value is -2.65. The number of aliphatic hydroxyl groups excluding tert-OH is 3. The molecule has 5 atom stereocenters. The van der Waals surface area contributed by atoms with Crippen LogP contribution in [0.4, 0.5) is 0 Å². The van der Waals surface area contributed by atoms with Crippen LogP contribution in [0, 0.1) is 0 Å². The zero-order valence-electron chi connectivity index (χ0n) is 42.1. The first-order valence-electron chi connectivity index (χ1n) is 24.1. The van der Waals surface area contributed by atoms with Crippen molar-refractivity contribution in [1.29, 1.82) is 0 Å². The molecule has 0 aliphatic carbocycles. The first-order valence-corrected chi connectivity index (χ1v) is 25.6. The number of ether oxygens (including phenoxy) is 1. The fourth-order valence-electron chi connectivity index (χ4n) is 7.26. The summed E-state index contributed by atoms with van der Waals surface area (Å²) in [6.07, 6.45) is 37.1. The molecule has 0 aromatic carbocycles. The molecule has 8 nitrogen and oxygen atoms in total. The number of aliphatic hydroxyl groups is 3. The molecule has 1 aliphatic rings. The molecule has 1 heterocycles. The van der Waals surface area contributed by atoms with Gasteiger partial charge < -0.3 is 24.9 Å². The summed E-state index contributed by atoms with van der Waals surface area (Å²) >= 11 is 0. The first kappa shape index (κ1) is 59.4. The van der Waals surface area contributed by atoms with E-state index in [2.05, 4.69) is 124 Å². The second-order valence-corrected chi connectivity index (χ2v) is 20.1. The van der Waals surface area contributed by atoms with Gasteiger partial charge in [0.05, 0.1) is 13.2 Å². The fourth-order valence-corrected chi connectivity index (χ4v) is 8.03. The predicted molar refractivity (Wildman–Crippen MR) is 271 cm³/mol. The Kier molecular flexibility index (Phi) is 32.1. The second-order valence-electron chi connectivity index (χ2n) is 18.7. The molecule has 0 bridgehead atoms. The minimum Gasteiger partial charge on any atom is -0.394 e. The molecule has 0 amide bonds. The summed E-state index contributed by atoms with van der Waals surface area (Å²) in [6.45, 7) is 23.6. The smallest absolute Gasteiger partial charge is 0.394 e. The molecule has 1 fully saturated rings. The van der Waals surface area contributed by atoms with Crippen molar-refractivity contribution in [3.05, 3.63) is 116 Å². The second kappa shape index (κ2) is 34.6. The van der Waals surface area contributed by atoms with Crippen molar-refractivity contribution in [2.45, 2.75) is 216 Å². The van der Waals surface area contributed by atoms with Gasteiger partial charge in [-0.15, -0.1) is 0 Å². The molecule has 0 radical (unpaired) electrons. The Morgan fingerprint density at radius 3 is 1.00 bits per heavy atom. The number of hydrogen-bond donors (Lipinski definition) is 4. The van der Waals surface area contributed by atoms with E-state index in [1.807, 2.05) is 6.92 Å². The molecule has 364 valence electrons. The minimum atomic E-state index is -4.55. The van der Waals surface area contributed by atoms with Crippen molar-refractivity contribution < 1.29 is 38.6 Å². The van der Waals surface area contributed by atoms with Crippen LogP contribution in [-0.2, 0) is 18.3 Å². The molecular formula is C55H91O8P. The quantitative estimate of drug-likeness (QED) is 0.0379. The van der Waals surface area contributed by atoms with E-state index in [9.17, 15) is 19.7 Å². The lowest BCUT2D eigenvalue weighted by atomic mass is 10.0. The van der Waals surface area contributed by atoms with Crippen LogP contribution in [0.3, 0.4) is 0 Å². The lowest BCUT2D eigenvalue weighted by molar-refractivity contribution is -0.127. The van der Waals surface area contributed by atoms with Crippen molar-refractivity contribution in [1.82, 2.24) is 0 Å². The van der Waals surface area contributed by atoms with E-state index in [0.717, 1.165) is 108 Å². The topological polar surface area (TPSA) is 126 Å². The Labute approximate surface area is 391 Å². The summed E-state index contributed by atoms with van der Waals surface area (Å²) < 4.78 is 27.2. The van der Waals surface area contributed by atoms with Crippen LogP contribution < -0.4 is 0 Å². The molecule has 4 N–H and O–H groups in total. The predicted octanol–water partition coefficient (Wildman–Crippen LogP) is 15.1.